The summed E-state index contributed by atoms with van der Waals surface area (Å²) in [7, 11) is 0. The zero-order valence-electron chi connectivity index (χ0n) is 9.44. The Bertz CT molecular complexity index is 279. The molecular formula is C10H16N2OS4. The van der Waals surface area contributed by atoms with Crippen LogP contribution in [0.5, 0.6) is 0 Å². The number of hydrogen-bond donors (Lipinski definition) is 2. The number of nitrogens with one attached hydrogen (secondary N) is 2. The van der Waals surface area contributed by atoms with Gasteiger partial charge in [0.25, 0.3) is 0 Å². The summed E-state index contributed by atoms with van der Waals surface area (Å²) in [4.78, 5) is 10.9. The summed E-state index contributed by atoms with van der Waals surface area (Å²) in [5.41, 5.74) is 0. The molecule has 0 aromatic rings. The van der Waals surface area contributed by atoms with Crippen molar-refractivity contribution in [3.05, 3.63) is 12.7 Å². The van der Waals surface area contributed by atoms with Crippen LogP contribution in [-0.4, -0.2) is 45.2 Å². The Hall–Kier alpha value is 0.150. The number of thioether (sulfide) groups is 3. The molecule has 0 spiro atoms. The van der Waals surface area contributed by atoms with Crippen LogP contribution in [0.15, 0.2) is 12.7 Å². The van der Waals surface area contributed by atoms with Crippen molar-refractivity contribution in [1.29, 1.82) is 0 Å². The van der Waals surface area contributed by atoms with Gasteiger partial charge in [-0.3, -0.25) is 4.79 Å². The normalized spacial score (nSPS) is 16.2. The molecule has 0 aliphatic carbocycles. The smallest absolute Gasteiger partial charge is 0.243 e. The summed E-state index contributed by atoms with van der Waals surface area (Å²) in [6.45, 7) is 4.01. The molecule has 1 rings (SSSR count). The van der Waals surface area contributed by atoms with Crippen molar-refractivity contribution in [1.82, 2.24) is 10.6 Å². The summed E-state index contributed by atoms with van der Waals surface area (Å²) < 4.78 is 0.825. The van der Waals surface area contributed by atoms with E-state index in [1.54, 1.807) is 11.8 Å². The first kappa shape index (κ1) is 15.2. The number of rotatable bonds is 5. The fourth-order valence-electron chi connectivity index (χ4n) is 1.17. The Kier molecular flexibility index (Phi) is 8.17. The van der Waals surface area contributed by atoms with Gasteiger partial charge in [-0.1, -0.05) is 30.6 Å². The molecule has 0 unspecified atom stereocenters. The quantitative estimate of drug-likeness (QED) is 0.458. The molecular weight excluding hydrogens is 292 g/mol. The van der Waals surface area contributed by atoms with E-state index in [4.69, 9.17) is 12.2 Å². The molecule has 0 saturated carbocycles. The van der Waals surface area contributed by atoms with Gasteiger partial charge < -0.3 is 10.6 Å². The maximum Gasteiger partial charge on any atom is 0.243 e. The van der Waals surface area contributed by atoms with Crippen LogP contribution in [-0.2, 0) is 4.79 Å². The summed E-state index contributed by atoms with van der Waals surface area (Å²) >= 11 is 10.7. The van der Waals surface area contributed by atoms with E-state index in [1.165, 1.54) is 11.2 Å². The van der Waals surface area contributed by atoms with Crippen molar-refractivity contribution in [2.24, 2.45) is 0 Å². The molecule has 0 aromatic carbocycles. The molecule has 1 heterocycles. The van der Waals surface area contributed by atoms with E-state index in [9.17, 15) is 4.79 Å². The standard InChI is InChI=1S/C10H16N2OS4/c1-2-9(13)11-3-4-17-10(14)12-8-5-15-7-16-6-8/h2,8H,1,3-7H2,(H,11,13)(H,12,14). The van der Waals surface area contributed by atoms with E-state index in [0.29, 0.717) is 12.6 Å². The van der Waals surface area contributed by atoms with E-state index < -0.39 is 0 Å². The fourth-order valence-corrected chi connectivity index (χ4v) is 4.59. The van der Waals surface area contributed by atoms with E-state index in [1.807, 2.05) is 23.5 Å². The van der Waals surface area contributed by atoms with Crippen molar-refractivity contribution < 1.29 is 4.79 Å². The molecule has 17 heavy (non-hydrogen) atoms. The lowest BCUT2D eigenvalue weighted by Crippen LogP contribution is -2.38. The minimum atomic E-state index is -0.135. The van der Waals surface area contributed by atoms with Gasteiger partial charge in [0.1, 0.15) is 4.32 Å². The summed E-state index contributed by atoms with van der Waals surface area (Å²) in [5.74, 6) is 2.91. The van der Waals surface area contributed by atoms with Crippen LogP contribution in [0, 0.1) is 0 Å². The first-order valence-electron chi connectivity index (χ1n) is 5.21. The third-order valence-corrected chi connectivity index (χ3v) is 5.82. The van der Waals surface area contributed by atoms with Crippen LogP contribution in [0.1, 0.15) is 0 Å². The van der Waals surface area contributed by atoms with E-state index in [2.05, 4.69) is 17.2 Å². The number of carbonyl (C=O) groups is 1. The number of amides is 1. The van der Waals surface area contributed by atoms with Crippen molar-refractivity contribution in [3.8, 4) is 0 Å². The topological polar surface area (TPSA) is 41.1 Å². The predicted molar refractivity (Wildman–Crippen MR) is 85.0 cm³/mol. The van der Waals surface area contributed by atoms with Gasteiger partial charge in [-0.25, -0.2) is 0 Å². The highest BCUT2D eigenvalue weighted by Gasteiger charge is 2.14. The molecule has 0 atom stereocenters. The van der Waals surface area contributed by atoms with E-state index in [0.717, 1.165) is 21.6 Å². The van der Waals surface area contributed by atoms with Crippen LogP contribution in [0.4, 0.5) is 0 Å². The second-order valence-electron chi connectivity index (χ2n) is 3.33. The molecule has 1 saturated heterocycles. The predicted octanol–water partition coefficient (Wildman–Crippen LogP) is 1.70. The van der Waals surface area contributed by atoms with E-state index in [-0.39, 0.29) is 5.91 Å². The number of carbonyl (C=O) groups excluding carboxylic acids is 1. The molecule has 3 nitrogen and oxygen atoms in total. The van der Waals surface area contributed by atoms with Crippen molar-refractivity contribution in [3.63, 3.8) is 0 Å². The molecule has 0 aromatic heterocycles. The molecule has 96 valence electrons. The Labute approximate surface area is 120 Å². The maximum atomic E-state index is 10.9. The lowest BCUT2D eigenvalue weighted by Gasteiger charge is -2.23. The first-order valence-corrected chi connectivity index (χ1v) is 8.91. The van der Waals surface area contributed by atoms with Gasteiger partial charge in [-0.15, -0.1) is 23.5 Å². The first-order chi connectivity index (χ1) is 8.22. The Morgan fingerprint density at radius 3 is 2.88 bits per heavy atom. The highest BCUT2D eigenvalue weighted by molar-refractivity contribution is 8.23. The van der Waals surface area contributed by atoms with Gasteiger partial charge in [-0.2, -0.15) is 0 Å². The zero-order valence-corrected chi connectivity index (χ0v) is 12.7. The number of hydrogen-bond acceptors (Lipinski definition) is 5. The molecule has 1 aliphatic heterocycles. The minimum Gasteiger partial charge on any atom is -0.367 e. The Morgan fingerprint density at radius 1 is 1.53 bits per heavy atom. The second-order valence-corrected chi connectivity index (χ2v) is 7.53. The Balaban J connectivity index is 2.04. The van der Waals surface area contributed by atoms with Crippen LogP contribution < -0.4 is 10.6 Å². The number of thiocarbonyl (C=S) groups is 1. The van der Waals surface area contributed by atoms with Gasteiger partial charge in [0.15, 0.2) is 0 Å². The van der Waals surface area contributed by atoms with Crippen LogP contribution >= 0.6 is 47.5 Å². The maximum absolute atomic E-state index is 10.9. The van der Waals surface area contributed by atoms with Gasteiger partial charge in [0.2, 0.25) is 5.91 Å². The summed E-state index contributed by atoms with van der Waals surface area (Å²) in [5, 5.41) is 7.24. The highest BCUT2D eigenvalue weighted by Crippen LogP contribution is 2.21. The summed E-state index contributed by atoms with van der Waals surface area (Å²) in [6.07, 6.45) is 1.28. The van der Waals surface area contributed by atoms with Gasteiger partial charge in [-0.05, 0) is 6.08 Å². The molecule has 1 aliphatic rings. The minimum absolute atomic E-state index is 0.135. The van der Waals surface area contributed by atoms with Crippen LogP contribution in [0.2, 0.25) is 0 Å². The summed E-state index contributed by atoms with van der Waals surface area (Å²) in [6, 6.07) is 0.488. The SMILES string of the molecule is C=CC(=O)NCCSC(=S)NC1CSCSC1. The van der Waals surface area contributed by atoms with Gasteiger partial charge in [0.05, 0.1) is 0 Å². The zero-order chi connectivity index (χ0) is 12.5. The monoisotopic (exact) mass is 308 g/mol. The molecule has 0 bridgehead atoms. The highest BCUT2D eigenvalue weighted by atomic mass is 32.2. The average Bonchev–Trinajstić information content (AvgIpc) is 2.35. The molecule has 0 radical (unpaired) electrons. The second kappa shape index (κ2) is 9.13. The fraction of sp³-hybridized carbons (Fsp3) is 0.600. The largest absolute Gasteiger partial charge is 0.367 e. The van der Waals surface area contributed by atoms with Crippen LogP contribution in [0.3, 0.4) is 0 Å². The lowest BCUT2D eigenvalue weighted by molar-refractivity contribution is -0.116. The van der Waals surface area contributed by atoms with Crippen LogP contribution in [0.25, 0.3) is 0 Å². The van der Waals surface area contributed by atoms with Gasteiger partial charge in [0, 0.05) is 34.9 Å². The Morgan fingerprint density at radius 2 is 2.24 bits per heavy atom. The third kappa shape index (κ3) is 7.23. The van der Waals surface area contributed by atoms with E-state index >= 15 is 0 Å². The lowest BCUT2D eigenvalue weighted by atomic mass is 10.4. The van der Waals surface area contributed by atoms with Crippen molar-refractivity contribution in [2.75, 3.05) is 28.9 Å². The molecule has 7 heteroatoms. The van der Waals surface area contributed by atoms with Crippen molar-refractivity contribution >= 4 is 57.7 Å². The van der Waals surface area contributed by atoms with Crippen molar-refractivity contribution in [2.45, 2.75) is 6.04 Å². The van der Waals surface area contributed by atoms with Gasteiger partial charge >= 0.3 is 0 Å². The third-order valence-electron chi connectivity index (χ3n) is 1.95. The molecule has 1 amide bonds. The molecule has 1 fully saturated rings. The molecule has 2 N–H and O–H groups in total. The average molecular weight is 309 g/mol.